The summed E-state index contributed by atoms with van der Waals surface area (Å²) in [5.74, 6) is 2.54. The molecule has 0 N–H and O–H groups in total. The molecule has 102 valence electrons. The van der Waals surface area contributed by atoms with Crippen LogP contribution < -0.4 is 9.47 Å². The number of aromatic nitrogens is 2. The molecule has 2 rings (SSSR count). The second kappa shape index (κ2) is 6.61. The minimum atomic E-state index is 0.576. The van der Waals surface area contributed by atoms with E-state index in [1.807, 2.05) is 36.0 Å². The first-order valence-corrected chi connectivity index (χ1v) is 7.18. The molecule has 1 aromatic heterocycles. The van der Waals surface area contributed by atoms with Gasteiger partial charge >= 0.3 is 0 Å². The fourth-order valence-electron chi connectivity index (χ4n) is 1.81. The van der Waals surface area contributed by atoms with E-state index in [9.17, 15) is 0 Å². The third-order valence-corrected chi connectivity index (χ3v) is 3.53. The fourth-order valence-corrected chi connectivity index (χ4v) is 2.16. The Morgan fingerprint density at radius 2 is 2.16 bits per heavy atom. The molecule has 0 saturated heterocycles. The summed E-state index contributed by atoms with van der Waals surface area (Å²) in [6, 6.07) is 5.93. The van der Waals surface area contributed by atoms with Gasteiger partial charge in [-0.05, 0) is 17.7 Å². The van der Waals surface area contributed by atoms with Gasteiger partial charge in [0.05, 0.1) is 13.7 Å². The van der Waals surface area contributed by atoms with Crippen LogP contribution in [0.4, 0.5) is 0 Å². The van der Waals surface area contributed by atoms with Crippen molar-refractivity contribution < 1.29 is 9.47 Å². The van der Waals surface area contributed by atoms with Crippen LogP contribution in [0.25, 0.3) is 0 Å². The summed E-state index contributed by atoms with van der Waals surface area (Å²) in [4.78, 5) is 4.27. The van der Waals surface area contributed by atoms with Crippen molar-refractivity contribution in [2.45, 2.75) is 11.8 Å². The Morgan fingerprint density at radius 1 is 1.32 bits per heavy atom. The summed E-state index contributed by atoms with van der Waals surface area (Å²) in [5.41, 5.74) is 1.16. The summed E-state index contributed by atoms with van der Waals surface area (Å²) >= 11 is 3.44. The molecule has 0 aliphatic rings. The average Bonchev–Trinajstić information content (AvgIpc) is 2.84. The van der Waals surface area contributed by atoms with Crippen molar-refractivity contribution in [3.05, 3.63) is 42.0 Å². The summed E-state index contributed by atoms with van der Waals surface area (Å²) in [7, 11) is 3.63. The maximum atomic E-state index is 5.80. The number of halogens is 1. The Kier molecular flexibility index (Phi) is 4.85. The van der Waals surface area contributed by atoms with Crippen LogP contribution in [0.15, 0.2) is 30.6 Å². The lowest BCUT2D eigenvalue weighted by molar-refractivity contribution is 0.294. The average molecular weight is 325 g/mol. The first-order chi connectivity index (χ1) is 9.24. The molecule has 1 aromatic carbocycles. The molecule has 0 atom stereocenters. The number of ether oxygens (including phenoxy) is 2. The maximum Gasteiger partial charge on any atom is 0.161 e. The second-order valence-electron chi connectivity index (χ2n) is 4.17. The van der Waals surface area contributed by atoms with Gasteiger partial charge < -0.3 is 14.0 Å². The molecule has 0 radical (unpaired) electrons. The quantitative estimate of drug-likeness (QED) is 0.766. The van der Waals surface area contributed by atoms with Gasteiger partial charge in [0.2, 0.25) is 0 Å². The number of nitrogens with zero attached hydrogens (tertiary/aromatic N) is 2. The highest BCUT2D eigenvalue weighted by Gasteiger charge is 2.06. The largest absolute Gasteiger partial charge is 0.493 e. The Balaban J connectivity index is 2.00. The van der Waals surface area contributed by atoms with Gasteiger partial charge in [-0.25, -0.2) is 4.98 Å². The van der Waals surface area contributed by atoms with E-state index in [4.69, 9.17) is 9.47 Å². The summed E-state index contributed by atoms with van der Waals surface area (Å²) in [5, 5.41) is 0.798. The molecule has 0 saturated carbocycles. The Hall–Kier alpha value is -1.49. The van der Waals surface area contributed by atoms with E-state index >= 15 is 0 Å². The summed E-state index contributed by atoms with van der Waals surface area (Å²) in [6.45, 7) is 0.576. The number of aryl methyl sites for hydroxylation is 1. The number of benzene rings is 1. The van der Waals surface area contributed by atoms with Crippen LogP contribution in [-0.2, 0) is 18.8 Å². The lowest BCUT2D eigenvalue weighted by Gasteiger charge is -2.11. The Labute approximate surface area is 121 Å². The van der Waals surface area contributed by atoms with Crippen molar-refractivity contribution in [3.63, 3.8) is 0 Å². The van der Waals surface area contributed by atoms with E-state index in [2.05, 4.69) is 20.9 Å². The molecule has 0 aliphatic heterocycles. The molecular weight excluding hydrogens is 308 g/mol. The van der Waals surface area contributed by atoms with Crippen LogP contribution in [0.3, 0.4) is 0 Å². The van der Waals surface area contributed by atoms with E-state index in [0.717, 1.165) is 34.6 Å². The lowest BCUT2D eigenvalue weighted by Crippen LogP contribution is -2.07. The van der Waals surface area contributed by atoms with Crippen LogP contribution in [0.2, 0.25) is 0 Å². The highest BCUT2D eigenvalue weighted by Crippen LogP contribution is 2.28. The van der Waals surface area contributed by atoms with Gasteiger partial charge in [0.1, 0.15) is 5.82 Å². The Morgan fingerprint density at radius 3 is 2.79 bits per heavy atom. The number of rotatable bonds is 6. The highest BCUT2D eigenvalue weighted by molar-refractivity contribution is 9.08. The number of methoxy groups -OCH3 is 1. The molecule has 2 aromatic rings. The zero-order valence-corrected chi connectivity index (χ0v) is 12.7. The predicted octanol–water partition coefficient (Wildman–Crippen LogP) is 2.95. The van der Waals surface area contributed by atoms with Crippen molar-refractivity contribution in [1.29, 1.82) is 0 Å². The van der Waals surface area contributed by atoms with Gasteiger partial charge in [0, 0.05) is 31.2 Å². The highest BCUT2D eigenvalue weighted by atomic mass is 79.9. The lowest BCUT2D eigenvalue weighted by atomic mass is 10.2. The van der Waals surface area contributed by atoms with Gasteiger partial charge in [0.15, 0.2) is 11.5 Å². The molecule has 5 heteroatoms. The molecule has 0 fully saturated rings. The molecule has 1 heterocycles. The van der Waals surface area contributed by atoms with Crippen molar-refractivity contribution >= 4 is 15.9 Å². The first kappa shape index (κ1) is 13.9. The van der Waals surface area contributed by atoms with E-state index in [-0.39, 0.29) is 0 Å². The van der Waals surface area contributed by atoms with Crippen LogP contribution in [0.5, 0.6) is 11.5 Å². The van der Waals surface area contributed by atoms with E-state index in [1.54, 1.807) is 13.3 Å². The minimum Gasteiger partial charge on any atom is -0.493 e. The van der Waals surface area contributed by atoms with Crippen molar-refractivity contribution in [1.82, 2.24) is 9.55 Å². The van der Waals surface area contributed by atoms with Crippen molar-refractivity contribution in [2.24, 2.45) is 7.05 Å². The minimum absolute atomic E-state index is 0.576. The monoisotopic (exact) mass is 324 g/mol. The standard InChI is InChI=1S/C14H17BrN2O2/c1-17-7-6-16-14(17)5-8-19-13-9-11(10-15)3-4-12(13)18-2/h3-4,6-7,9H,5,8,10H2,1-2H3. The Bertz CT molecular complexity index is 540. The fraction of sp³-hybridized carbons (Fsp3) is 0.357. The normalized spacial score (nSPS) is 10.5. The van der Waals surface area contributed by atoms with Crippen molar-refractivity contribution in [2.75, 3.05) is 13.7 Å². The van der Waals surface area contributed by atoms with Crippen LogP contribution >= 0.6 is 15.9 Å². The zero-order chi connectivity index (χ0) is 13.7. The molecule has 0 bridgehead atoms. The topological polar surface area (TPSA) is 36.3 Å². The van der Waals surface area contributed by atoms with Crippen LogP contribution in [0, 0.1) is 0 Å². The number of hydrogen-bond acceptors (Lipinski definition) is 3. The van der Waals surface area contributed by atoms with E-state index in [1.165, 1.54) is 0 Å². The zero-order valence-electron chi connectivity index (χ0n) is 11.1. The molecule has 0 unspecified atom stereocenters. The van der Waals surface area contributed by atoms with Crippen LogP contribution in [0.1, 0.15) is 11.4 Å². The summed E-state index contributed by atoms with van der Waals surface area (Å²) in [6.07, 6.45) is 4.49. The molecular formula is C14H17BrN2O2. The van der Waals surface area contributed by atoms with Crippen LogP contribution in [-0.4, -0.2) is 23.3 Å². The number of imidazole rings is 1. The number of alkyl halides is 1. The van der Waals surface area contributed by atoms with Gasteiger partial charge in [0.25, 0.3) is 0 Å². The third-order valence-electron chi connectivity index (χ3n) is 2.89. The van der Waals surface area contributed by atoms with Gasteiger partial charge in [-0.3, -0.25) is 0 Å². The van der Waals surface area contributed by atoms with E-state index in [0.29, 0.717) is 6.61 Å². The smallest absolute Gasteiger partial charge is 0.161 e. The SMILES string of the molecule is COc1ccc(CBr)cc1OCCc1nccn1C. The first-order valence-electron chi connectivity index (χ1n) is 6.06. The van der Waals surface area contributed by atoms with E-state index < -0.39 is 0 Å². The van der Waals surface area contributed by atoms with Gasteiger partial charge in [-0.15, -0.1) is 0 Å². The number of hydrogen-bond donors (Lipinski definition) is 0. The third kappa shape index (κ3) is 3.50. The summed E-state index contributed by atoms with van der Waals surface area (Å²) < 4.78 is 13.1. The molecule has 4 nitrogen and oxygen atoms in total. The molecule has 19 heavy (non-hydrogen) atoms. The van der Waals surface area contributed by atoms with Crippen molar-refractivity contribution in [3.8, 4) is 11.5 Å². The molecule has 0 spiro atoms. The second-order valence-corrected chi connectivity index (χ2v) is 4.73. The van der Waals surface area contributed by atoms with Gasteiger partial charge in [-0.1, -0.05) is 22.0 Å². The molecule has 0 amide bonds. The maximum absolute atomic E-state index is 5.80. The van der Waals surface area contributed by atoms with Gasteiger partial charge in [-0.2, -0.15) is 0 Å². The molecule has 0 aliphatic carbocycles. The predicted molar refractivity (Wildman–Crippen MR) is 78.0 cm³/mol.